The number of hydrogen-bond donors (Lipinski definition) is 0. The lowest BCUT2D eigenvalue weighted by Gasteiger charge is -2.19. The summed E-state index contributed by atoms with van der Waals surface area (Å²) < 4.78 is 32.1. The summed E-state index contributed by atoms with van der Waals surface area (Å²) in [6.07, 6.45) is 5.33. The van der Waals surface area contributed by atoms with Gasteiger partial charge in [0, 0.05) is 5.69 Å². The molecule has 5 nitrogen and oxygen atoms in total. The van der Waals surface area contributed by atoms with Crippen LogP contribution in [0.4, 0.5) is 0 Å². The molecule has 7 heteroatoms. The van der Waals surface area contributed by atoms with Crippen molar-refractivity contribution >= 4 is 21.4 Å². The molecule has 0 N–H and O–H groups in total. The number of nitrogens with zero attached hydrogens (tertiary/aromatic N) is 2. The molecule has 0 spiro atoms. The van der Waals surface area contributed by atoms with E-state index in [0.29, 0.717) is 11.4 Å². The maximum absolute atomic E-state index is 12.8. The molecule has 2 aromatic rings. The van der Waals surface area contributed by atoms with Crippen LogP contribution >= 0.6 is 11.3 Å². The minimum absolute atomic E-state index is 0.0288. The van der Waals surface area contributed by atoms with E-state index in [1.807, 2.05) is 19.1 Å². The molecular weight excluding hydrogens is 320 g/mol. The number of thiophene rings is 1. The monoisotopic (exact) mass is 336 g/mol. The zero-order valence-corrected chi connectivity index (χ0v) is 13.9. The van der Waals surface area contributed by atoms with Gasteiger partial charge in [0.05, 0.1) is 25.9 Å². The number of methoxy groups -OCH3 is 1. The number of sulfonamides is 1. The Morgan fingerprint density at radius 3 is 2.82 bits per heavy atom. The van der Waals surface area contributed by atoms with E-state index in [1.54, 1.807) is 17.5 Å². The summed E-state index contributed by atoms with van der Waals surface area (Å²) in [6.45, 7) is 1.94. The maximum atomic E-state index is 12.8. The van der Waals surface area contributed by atoms with Crippen LogP contribution in [-0.4, -0.2) is 31.4 Å². The molecule has 0 aliphatic carbocycles. The average molecular weight is 336 g/mol. The topological polar surface area (TPSA) is 59.5 Å². The summed E-state index contributed by atoms with van der Waals surface area (Å²) in [7, 11) is -2.29. The van der Waals surface area contributed by atoms with Crippen LogP contribution in [0.5, 0.6) is 5.75 Å². The van der Waals surface area contributed by atoms with Crippen molar-refractivity contribution in [1.29, 1.82) is 0 Å². The van der Waals surface area contributed by atoms with Gasteiger partial charge in [-0.15, -0.1) is 17.8 Å². The lowest BCUT2D eigenvalue weighted by Crippen LogP contribution is -2.31. The van der Waals surface area contributed by atoms with Crippen molar-refractivity contribution in [3.8, 4) is 18.1 Å². The highest BCUT2D eigenvalue weighted by Crippen LogP contribution is 2.32. The lowest BCUT2D eigenvalue weighted by molar-refractivity contribution is 0.399. The first kappa shape index (κ1) is 16.5. The molecule has 0 aliphatic heterocycles. The van der Waals surface area contributed by atoms with Crippen LogP contribution in [-0.2, 0) is 16.6 Å². The molecule has 0 aromatic carbocycles. The molecular formula is C15H16N2O3S2. The highest BCUT2D eigenvalue weighted by Gasteiger charge is 2.29. The summed E-state index contributed by atoms with van der Waals surface area (Å²) in [5.74, 6) is 2.71. The summed E-state index contributed by atoms with van der Waals surface area (Å²) in [5.41, 5.74) is 1.47. The van der Waals surface area contributed by atoms with Crippen molar-refractivity contribution in [2.45, 2.75) is 17.7 Å². The van der Waals surface area contributed by atoms with Crippen LogP contribution in [0, 0.1) is 19.3 Å². The van der Waals surface area contributed by atoms with Crippen molar-refractivity contribution in [3.05, 3.63) is 41.0 Å². The lowest BCUT2D eigenvalue weighted by atomic mass is 10.3. The zero-order chi connectivity index (χ0) is 16.2. The Balaban J connectivity index is 2.37. The van der Waals surface area contributed by atoms with Gasteiger partial charge >= 0.3 is 0 Å². The Labute approximate surface area is 134 Å². The molecule has 22 heavy (non-hydrogen) atoms. The Bertz CT molecular complexity index is 791. The van der Waals surface area contributed by atoms with Gasteiger partial charge in [-0.05, 0) is 30.5 Å². The van der Waals surface area contributed by atoms with Crippen molar-refractivity contribution in [2.75, 3.05) is 13.7 Å². The van der Waals surface area contributed by atoms with Crippen LogP contribution in [0.2, 0.25) is 0 Å². The van der Waals surface area contributed by atoms with Gasteiger partial charge in [0.15, 0.2) is 4.21 Å². The first-order valence-corrected chi connectivity index (χ1v) is 8.78. The van der Waals surface area contributed by atoms with Crippen molar-refractivity contribution < 1.29 is 13.2 Å². The van der Waals surface area contributed by atoms with Gasteiger partial charge in [0.25, 0.3) is 10.0 Å². The molecule has 0 bridgehead atoms. The summed E-state index contributed by atoms with van der Waals surface area (Å²) in [4.78, 5) is 4.33. The van der Waals surface area contributed by atoms with Crippen LogP contribution < -0.4 is 4.74 Å². The maximum Gasteiger partial charge on any atom is 0.257 e. The third-order valence-electron chi connectivity index (χ3n) is 2.94. The fourth-order valence-corrected chi connectivity index (χ4v) is 4.68. The Morgan fingerprint density at radius 1 is 1.41 bits per heavy atom. The predicted molar refractivity (Wildman–Crippen MR) is 86.3 cm³/mol. The highest BCUT2D eigenvalue weighted by molar-refractivity contribution is 7.91. The molecule has 0 saturated carbocycles. The molecule has 0 amide bonds. The number of aryl methyl sites for hydroxylation is 1. The summed E-state index contributed by atoms with van der Waals surface area (Å²) in [5, 5.41) is 1.67. The third kappa shape index (κ3) is 3.47. The molecule has 0 atom stereocenters. The molecule has 0 unspecified atom stereocenters. The second-order valence-electron chi connectivity index (χ2n) is 4.52. The molecule has 2 heterocycles. The van der Waals surface area contributed by atoms with Crippen LogP contribution in [0.3, 0.4) is 0 Å². The van der Waals surface area contributed by atoms with E-state index in [2.05, 4.69) is 10.9 Å². The van der Waals surface area contributed by atoms with Gasteiger partial charge in [0.1, 0.15) is 5.75 Å². The molecule has 0 aliphatic rings. The minimum Gasteiger partial charge on any atom is -0.494 e. The Hall–Kier alpha value is -1.88. The van der Waals surface area contributed by atoms with Crippen LogP contribution in [0.1, 0.15) is 11.4 Å². The molecule has 116 valence electrons. The summed E-state index contributed by atoms with van der Waals surface area (Å²) in [6, 6.07) is 7.09. The fraction of sp³-hybridized carbons (Fsp3) is 0.267. The van der Waals surface area contributed by atoms with E-state index < -0.39 is 10.0 Å². The van der Waals surface area contributed by atoms with Crippen LogP contribution in [0.25, 0.3) is 0 Å². The van der Waals surface area contributed by atoms with Crippen molar-refractivity contribution in [1.82, 2.24) is 9.29 Å². The molecule has 0 fully saturated rings. The zero-order valence-electron chi connectivity index (χ0n) is 12.3. The van der Waals surface area contributed by atoms with Crippen molar-refractivity contribution in [3.63, 3.8) is 0 Å². The molecule has 2 rings (SSSR count). The second kappa shape index (κ2) is 6.92. The minimum atomic E-state index is -3.73. The van der Waals surface area contributed by atoms with Gasteiger partial charge in [-0.25, -0.2) is 8.42 Å². The largest absolute Gasteiger partial charge is 0.494 e. The molecule has 2 aromatic heterocycles. The van der Waals surface area contributed by atoms with E-state index in [4.69, 9.17) is 11.2 Å². The smallest absolute Gasteiger partial charge is 0.257 e. The number of ether oxygens (including phenoxy) is 1. The van der Waals surface area contributed by atoms with Gasteiger partial charge in [-0.3, -0.25) is 4.98 Å². The van der Waals surface area contributed by atoms with Crippen molar-refractivity contribution in [2.24, 2.45) is 0 Å². The first-order chi connectivity index (χ1) is 10.5. The van der Waals surface area contributed by atoms with E-state index in [0.717, 1.165) is 17.0 Å². The van der Waals surface area contributed by atoms with E-state index in [9.17, 15) is 8.42 Å². The van der Waals surface area contributed by atoms with Gasteiger partial charge in [0.2, 0.25) is 0 Å². The molecule has 0 radical (unpaired) electrons. The second-order valence-corrected chi connectivity index (χ2v) is 7.57. The van der Waals surface area contributed by atoms with Gasteiger partial charge < -0.3 is 4.74 Å². The van der Waals surface area contributed by atoms with E-state index in [-0.39, 0.29) is 17.3 Å². The average Bonchev–Trinajstić information content (AvgIpc) is 2.96. The normalized spacial score (nSPS) is 11.4. The third-order valence-corrected chi connectivity index (χ3v) is 6.16. The number of rotatable bonds is 6. The quantitative estimate of drug-likeness (QED) is 0.760. The van der Waals surface area contributed by atoms with E-state index in [1.165, 1.54) is 11.4 Å². The number of aromatic nitrogens is 1. The Kier molecular flexibility index (Phi) is 5.19. The fourth-order valence-electron chi connectivity index (χ4n) is 1.94. The SMILES string of the molecule is C#CCN(Cc1cccc(C)n1)S(=O)(=O)c1sccc1OC. The van der Waals surface area contributed by atoms with Gasteiger partial charge in [-0.1, -0.05) is 12.0 Å². The molecule has 0 saturated heterocycles. The standard InChI is InChI=1S/C15H16N2O3S2/c1-4-9-17(11-13-7-5-6-12(2)16-13)22(18,19)15-14(20-3)8-10-21-15/h1,5-8,10H,9,11H2,2-3H3. The first-order valence-electron chi connectivity index (χ1n) is 6.46. The summed E-state index contributed by atoms with van der Waals surface area (Å²) >= 11 is 1.11. The predicted octanol–water partition coefficient (Wildman–Crippen LogP) is 2.28. The number of hydrogen-bond acceptors (Lipinski definition) is 5. The highest BCUT2D eigenvalue weighted by atomic mass is 32.2. The van der Waals surface area contributed by atoms with E-state index >= 15 is 0 Å². The number of terminal acetylenes is 1. The van der Waals surface area contributed by atoms with Gasteiger partial charge in [-0.2, -0.15) is 4.31 Å². The number of pyridine rings is 1. The van der Waals surface area contributed by atoms with Crippen LogP contribution in [0.15, 0.2) is 33.9 Å². The Morgan fingerprint density at radius 2 is 2.18 bits per heavy atom.